The number of nitrogens with one attached hydrogen (secondary N) is 2. The van der Waals surface area contributed by atoms with Gasteiger partial charge in [0.2, 0.25) is 0 Å². The fraction of sp³-hybridized carbons (Fsp3) is 0.583. The molecule has 0 saturated heterocycles. The third kappa shape index (κ3) is 2.95. The molecular weight excluding hydrogens is 230 g/mol. The van der Waals surface area contributed by atoms with Gasteiger partial charge in [-0.2, -0.15) is 0 Å². The van der Waals surface area contributed by atoms with Gasteiger partial charge in [-0.25, -0.2) is 15.8 Å². The first kappa shape index (κ1) is 12.8. The zero-order valence-electron chi connectivity index (χ0n) is 10.5. The Kier molecular flexibility index (Phi) is 4.09. The van der Waals surface area contributed by atoms with Crippen LogP contribution in [0.25, 0.3) is 0 Å². The van der Waals surface area contributed by atoms with E-state index in [-0.39, 0.29) is 11.9 Å². The number of nitrogens with zero attached hydrogens (tertiary/aromatic N) is 2. The number of nitrogens with two attached hydrogens (primary N) is 1. The Morgan fingerprint density at radius 3 is 2.67 bits per heavy atom. The molecule has 18 heavy (non-hydrogen) atoms. The number of rotatable bonds is 4. The lowest BCUT2D eigenvalue weighted by atomic mass is 10.00. The van der Waals surface area contributed by atoms with Crippen molar-refractivity contribution in [1.29, 1.82) is 0 Å². The number of aromatic nitrogens is 2. The maximum absolute atomic E-state index is 11.9. The van der Waals surface area contributed by atoms with Gasteiger partial charge in [0, 0.05) is 6.04 Å². The highest BCUT2D eigenvalue weighted by Gasteiger charge is 2.23. The van der Waals surface area contributed by atoms with E-state index in [0.717, 1.165) is 0 Å². The van der Waals surface area contributed by atoms with E-state index in [9.17, 15) is 4.79 Å². The Balaban J connectivity index is 1.93. The van der Waals surface area contributed by atoms with E-state index < -0.39 is 0 Å². The van der Waals surface area contributed by atoms with E-state index in [0.29, 0.717) is 17.4 Å². The first-order chi connectivity index (χ1) is 8.70. The summed E-state index contributed by atoms with van der Waals surface area (Å²) in [4.78, 5) is 19.9. The van der Waals surface area contributed by atoms with Crippen LogP contribution in [0.15, 0.2) is 12.4 Å². The Labute approximate surface area is 106 Å². The molecule has 0 bridgehead atoms. The lowest BCUT2D eigenvalue weighted by molar-refractivity contribution is 0.0922. The topological polar surface area (TPSA) is 92.9 Å². The summed E-state index contributed by atoms with van der Waals surface area (Å²) in [5, 5.41) is 2.98. The molecule has 0 spiro atoms. The molecule has 1 atom stereocenters. The van der Waals surface area contributed by atoms with Crippen LogP contribution in [0.1, 0.15) is 43.1 Å². The van der Waals surface area contributed by atoms with Crippen molar-refractivity contribution >= 4 is 11.7 Å². The van der Waals surface area contributed by atoms with Gasteiger partial charge in [0.05, 0.1) is 12.4 Å². The summed E-state index contributed by atoms with van der Waals surface area (Å²) < 4.78 is 0. The second-order valence-corrected chi connectivity index (χ2v) is 4.74. The summed E-state index contributed by atoms with van der Waals surface area (Å²) in [6, 6.07) is 0.189. The van der Waals surface area contributed by atoms with Gasteiger partial charge in [-0.1, -0.05) is 12.8 Å². The van der Waals surface area contributed by atoms with Gasteiger partial charge in [-0.3, -0.25) is 4.79 Å². The number of hydrazine groups is 1. The first-order valence-electron chi connectivity index (χ1n) is 6.30. The van der Waals surface area contributed by atoms with Crippen molar-refractivity contribution < 1.29 is 4.79 Å². The van der Waals surface area contributed by atoms with Crippen molar-refractivity contribution in [3.05, 3.63) is 18.1 Å². The van der Waals surface area contributed by atoms with Crippen molar-refractivity contribution in [3.8, 4) is 0 Å². The van der Waals surface area contributed by atoms with Gasteiger partial charge in [0.15, 0.2) is 5.82 Å². The molecular formula is C12H19N5O. The fourth-order valence-corrected chi connectivity index (χ4v) is 2.38. The summed E-state index contributed by atoms with van der Waals surface area (Å²) >= 11 is 0. The maximum Gasteiger partial charge on any atom is 0.271 e. The normalized spacial score (nSPS) is 17.4. The van der Waals surface area contributed by atoms with Crippen LogP contribution in [0.5, 0.6) is 0 Å². The average molecular weight is 249 g/mol. The molecule has 0 aromatic carbocycles. The molecule has 1 unspecified atom stereocenters. The van der Waals surface area contributed by atoms with Crippen molar-refractivity contribution in [2.24, 2.45) is 11.8 Å². The van der Waals surface area contributed by atoms with Crippen LogP contribution in [0.2, 0.25) is 0 Å². The molecule has 1 aliphatic rings. The van der Waals surface area contributed by atoms with E-state index in [4.69, 9.17) is 5.84 Å². The van der Waals surface area contributed by atoms with Gasteiger partial charge in [-0.15, -0.1) is 0 Å². The summed E-state index contributed by atoms with van der Waals surface area (Å²) in [6.45, 7) is 2.05. The highest BCUT2D eigenvalue weighted by atomic mass is 16.1. The van der Waals surface area contributed by atoms with Crippen LogP contribution >= 0.6 is 0 Å². The molecule has 1 heterocycles. The SMILES string of the molecule is CC(NC(=O)c1cnc(NN)cn1)C1CCCC1. The standard InChI is InChI=1S/C12H19N5O/c1-8(9-4-2-3-5-9)16-12(18)10-6-15-11(17-13)7-14-10/h6-9H,2-5,13H2,1H3,(H,15,17)(H,16,18). The Hall–Kier alpha value is -1.69. The van der Waals surface area contributed by atoms with E-state index in [1.807, 2.05) is 0 Å². The van der Waals surface area contributed by atoms with E-state index in [2.05, 4.69) is 27.6 Å². The molecule has 0 radical (unpaired) electrons. The number of nitrogen functional groups attached to an aromatic ring is 1. The predicted molar refractivity (Wildman–Crippen MR) is 68.7 cm³/mol. The van der Waals surface area contributed by atoms with Crippen molar-refractivity contribution in [1.82, 2.24) is 15.3 Å². The number of hydrogen-bond donors (Lipinski definition) is 3. The fourth-order valence-electron chi connectivity index (χ4n) is 2.38. The Morgan fingerprint density at radius 2 is 2.11 bits per heavy atom. The van der Waals surface area contributed by atoms with Gasteiger partial charge in [0.25, 0.3) is 5.91 Å². The van der Waals surface area contributed by atoms with Crippen molar-refractivity contribution in [2.45, 2.75) is 38.6 Å². The lowest BCUT2D eigenvalue weighted by Crippen LogP contribution is -2.37. The third-order valence-corrected chi connectivity index (χ3v) is 3.50. The molecule has 1 fully saturated rings. The highest BCUT2D eigenvalue weighted by molar-refractivity contribution is 5.92. The number of hydrogen-bond acceptors (Lipinski definition) is 5. The molecule has 6 nitrogen and oxygen atoms in total. The zero-order valence-corrected chi connectivity index (χ0v) is 10.5. The monoisotopic (exact) mass is 249 g/mol. The lowest BCUT2D eigenvalue weighted by Gasteiger charge is -2.19. The van der Waals surface area contributed by atoms with E-state index >= 15 is 0 Å². The van der Waals surface area contributed by atoms with Gasteiger partial charge < -0.3 is 10.7 Å². The molecule has 1 aromatic heterocycles. The van der Waals surface area contributed by atoms with Gasteiger partial charge >= 0.3 is 0 Å². The van der Waals surface area contributed by atoms with Crippen molar-refractivity contribution in [2.75, 3.05) is 5.43 Å². The molecule has 1 aliphatic carbocycles. The molecule has 2 rings (SSSR count). The second-order valence-electron chi connectivity index (χ2n) is 4.74. The highest BCUT2D eigenvalue weighted by Crippen LogP contribution is 2.27. The van der Waals surface area contributed by atoms with E-state index in [1.165, 1.54) is 38.1 Å². The van der Waals surface area contributed by atoms with Crippen LogP contribution < -0.4 is 16.6 Å². The second kappa shape index (κ2) is 5.77. The molecule has 0 aliphatic heterocycles. The van der Waals surface area contributed by atoms with Crippen LogP contribution in [0.3, 0.4) is 0 Å². The van der Waals surface area contributed by atoms with Crippen LogP contribution in [0, 0.1) is 5.92 Å². The van der Waals surface area contributed by atoms with Gasteiger partial charge in [-0.05, 0) is 25.7 Å². The summed E-state index contributed by atoms with van der Waals surface area (Å²) in [6.07, 6.45) is 7.79. The minimum absolute atomic E-state index is 0.175. The van der Waals surface area contributed by atoms with Crippen LogP contribution in [0.4, 0.5) is 5.82 Å². The Bertz CT molecular complexity index is 399. The van der Waals surface area contributed by atoms with Crippen molar-refractivity contribution in [3.63, 3.8) is 0 Å². The van der Waals surface area contributed by atoms with E-state index in [1.54, 1.807) is 0 Å². The number of carbonyl (C=O) groups excluding carboxylic acids is 1. The van der Waals surface area contributed by atoms with Gasteiger partial charge in [0.1, 0.15) is 5.69 Å². The average Bonchev–Trinajstić information content (AvgIpc) is 2.92. The number of amides is 1. The smallest absolute Gasteiger partial charge is 0.271 e. The Morgan fingerprint density at radius 1 is 1.39 bits per heavy atom. The van der Waals surface area contributed by atoms with Crippen LogP contribution in [-0.2, 0) is 0 Å². The number of anilines is 1. The maximum atomic E-state index is 11.9. The molecule has 1 saturated carbocycles. The minimum atomic E-state index is -0.175. The first-order valence-corrected chi connectivity index (χ1v) is 6.30. The molecule has 4 N–H and O–H groups in total. The third-order valence-electron chi connectivity index (χ3n) is 3.50. The summed E-state index contributed by atoms with van der Waals surface area (Å²) in [7, 11) is 0. The molecule has 1 aromatic rings. The molecule has 6 heteroatoms. The summed E-state index contributed by atoms with van der Waals surface area (Å²) in [5.74, 6) is 6.04. The number of carbonyl (C=O) groups is 1. The minimum Gasteiger partial charge on any atom is -0.348 e. The molecule has 1 amide bonds. The summed E-state index contributed by atoms with van der Waals surface area (Å²) in [5.41, 5.74) is 2.69. The predicted octanol–water partition coefficient (Wildman–Crippen LogP) is 1.07. The quantitative estimate of drug-likeness (QED) is 0.548. The zero-order chi connectivity index (χ0) is 13.0. The van der Waals surface area contributed by atoms with Crippen LogP contribution in [-0.4, -0.2) is 21.9 Å². The largest absolute Gasteiger partial charge is 0.348 e. The molecule has 98 valence electrons.